The summed E-state index contributed by atoms with van der Waals surface area (Å²) in [5.41, 5.74) is 6.00. The Labute approximate surface area is 122 Å². The Hall–Kier alpha value is -1.75. The highest BCUT2D eigenvalue weighted by atomic mass is 35.5. The van der Waals surface area contributed by atoms with Crippen molar-refractivity contribution in [3.05, 3.63) is 34.9 Å². The van der Waals surface area contributed by atoms with Crippen LogP contribution in [0.25, 0.3) is 0 Å². The van der Waals surface area contributed by atoms with Gasteiger partial charge in [0.1, 0.15) is 0 Å². The molecule has 1 saturated carbocycles. The van der Waals surface area contributed by atoms with Crippen molar-refractivity contribution in [2.45, 2.75) is 18.8 Å². The third kappa shape index (κ3) is 4.13. The second-order valence-corrected chi connectivity index (χ2v) is 5.25. The fraction of sp³-hybridized carbons (Fsp3) is 0.429. The second-order valence-electron chi connectivity index (χ2n) is 4.82. The lowest BCUT2D eigenvalue weighted by Gasteiger charge is -2.05. The molecular formula is C14H17ClN2O3. The molecule has 2 amide bonds. The van der Waals surface area contributed by atoms with Gasteiger partial charge in [-0.3, -0.25) is 4.79 Å². The van der Waals surface area contributed by atoms with E-state index in [2.05, 4.69) is 5.32 Å². The molecule has 0 bridgehead atoms. The highest BCUT2D eigenvalue weighted by Gasteiger charge is 2.45. The van der Waals surface area contributed by atoms with Gasteiger partial charge in [0.25, 0.3) is 0 Å². The van der Waals surface area contributed by atoms with Crippen LogP contribution >= 0.6 is 11.6 Å². The minimum absolute atomic E-state index is 0.0717. The number of carbonyl (C=O) groups is 2. The summed E-state index contributed by atoms with van der Waals surface area (Å²) in [4.78, 5) is 22.2. The maximum atomic E-state index is 11.8. The van der Waals surface area contributed by atoms with Crippen LogP contribution in [0.1, 0.15) is 24.3 Å². The Kier molecular flexibility index (Phi) is 4.84. The molecule has 5 nitrogen and oxygen atoms in total. The molecule has 1 fully saturated rings. The largest absolute Gasteiger partial charge is 0.465 e. The van der Waals surface area contributed by atoms with E-state index in [1.165, 1.54) is 0 Å². The van der Waals surface area contributed by atoms with Crippen LogP contribution in [0, 0.1) is 5.92 Å². The van der Waals surface area contributed by atoms with Crippen molar-refractivity contribution in [2.75, 3.05) is 13.2 Å². The summed E-state index contributed by atoms with van der Waals surface area (Å²) in [6.07, 6.45) is 1.36. The fourth-order valence-corrected chi connectivity index (χ4v) is 2.32. The zero-order chi connectivity index (χ0) is 14.5. The van der Waals surface area contributed by atoms with Crippen molar-refractivity contribution < 1.29 is 14.3 Å². The van der Waals surface area contributed by atoms with E-state index in [4.69, 9.17) is 22.1 Å². The number of esters is 1. The first-order valence-electron chi connectivity index (χ1n) is 6.53. The topological polar surface area (TPSA) is 81.4 Å². The molecular weight excluding hydrogens is 280 g/mol. The molecule has 0 spiro atoms. The van der Waals surface area contributed by atoms with E-state index in [0.717, 1.165) is 12.0 Å². The van der Waals surface area contributed by atoms with Crippen LogP contribution in [0.2, 0.25) is 5.02 Å². The first-order chi connectivity index (χ1) is 9.58. The first kappa shape index (κ1) is 14.7. The quantitative estimate of drug-likeness (QED) is 0.622. The number of urea groups is 1. The lowest BCUT2D eigenvalue weighted by molar-refractivity contribution is -0.145. The highest BCUT2D eigenvalue weighted by Crippen LogP contribution is 2.48. The van der Waals surface area contributed by atoms with Crippen molar-refractivity contribution in [3.8, 4) is 0 Å². The Bertz CT molecular complexity index is 507. The fourth-order valence-electron chi connectivity index (χ4n) is 2.12. The van der Waals surface area contributed by atoms with E-state index >= 15 is 0 Å². The molecule has 1 aromatic carbocycles. The second kappa shape index (κ2) is 6.61. The lowest BCUT2D eigenvalue weighted by atomic mass is 10.1. The Balaban J connectivity index is 1.69. The number of nitrogens with two attached hydrogens (primary N) is 1. The van der Waals surface area contributed by atoms with Gasteiger partial charge in [0.2, 0.25) is 0 Å². The molecule has 1 aliphatic rings. The molecule has 0 radical (unpaired) electrons. The van der Waals surface area contributed by atoms with Gasteiger partial charge in [-0.25, -0.2) is 4.79 Å². The van der Waals surface area contributed by atoms with Crippen LogP contribution in [0.5, 0.6) is 0 Å². The lowest BCUT2D eigenvalue weighted by Crippen LogP contribution is -2.30. The van der Waals surface area contributed by atoms with E-state index in [0.29, 0.717) is 18.0 Å². The molecule has 6 heteroatoms. The van der Waals surface area contributed by atoms with Crippen LogP contribution in [0.3, 0.4) is 0 Å². The average molecular weight is 297 g/mol. The number of nitrogens with one attached hydrogen (secondary N) is 1. The van der Waals surface area contributed by atoms with Crippen molar-refractivity contribution in [1.29, 1.82) is 0 Å². The summed E-state index contributed by atoms with van der Waals surface area (Å²) in [7, 11) is 0. The smallest absolute Gasteiger partial charge is 0.312 e. The summed E-state index contributed by atoms with van der Waals surface area (Å²) < 4.78 is 5.17. The van der Waals surface area contributed by atoms with Gasteiger partial charge >= 0.3 is 12.0 Å². The van der Waals surface area contributed by atoms with Gasteiger partial charge in [0, 0.05) is 11.6 Å². The van der Waals surface area contributed by atoms with Crippen LogP contribution in [-0.2, 0) is 9.53 Å². The van der Waals surface area contributed by atoms with Gasteiger partial charge < -0.3 is 15.8 Å². The summed E-state index contributed by atoms with van der Waals surface area (Å²) in [6, 6.07) is 6.98. The molecule has 2 unspecified atom stereocenters. The predicted octanol–water partition coefficient (Wildman–Crippen LogP) is 2.05. The zero-order valence-electron chi connectivity index (χ0n) is 11.0. The van der Waals surface area contributed by atoms with Gasteiger partial charge in [-0.15, -0.1) is 0 Å². The maximum absolute atomic E-state index is 11.8. The van der Waals surface area contributed by atoms with E-state index in [1.807, 2.05) is 24.3 Å². The first-order valence-corrected chi connectivity index (χ1v) is 6.91. The van der Waals surface area contributed by atoms with Gasteiger partial charge in [0.15, 0.2) is 0 Å². The van der Waals surface area contributed by atoms with Gasteiger partial charge in [-0.05, 0) is 36.5 Å². The standard InChI is InChI=1S/C14H17ClN2O3/c15-10-4-1-3-9(7-10)11-8-12(11)13(18)20-6-2-5-17-14(16)19/h1,3-4,7,11-12H,2,5-6,8H2,(H3,16,17,19). The minimum atomic E-state index is -0.570. The Morgan fingerprint density at radius 1 is 1.45 bits per heavy atom. The number of rotatable bonds is 6. The maximum Gasteiger partial charge on any atom is 0.312 e. The number of benzene rings is 1. The molecule has 0 aliphatic heterocycles. The normalized spacial score (nSPS) is 20.2. The molecule has 1 aliphatic carbocycles. The molecule has 0 saturated heterocycles. The van der Waals surface area contributed by atoms with E-state index in [-0.39, 0.29) is 24.4 Å². The number of amides is 2. The van der Waals surface area contributed by atoms with E-state index < -0.39 is 6.03 Å². The average Bonchev–Trinajstić information content (AvgIpc) is 3.18. The molecule has 2 rings (SSSR count). The van der Waals surface area contributed by atoms with E-state index in [1.54, 1.807) is 0 Å². The van der Waals surface area contributed by atoms with Crippen LogP contribution in [-0.4, -0.2) is 25.2 Å². The predicted molar refractivity (Wildman–Crippen MR) is 75.5 cm³/mol. The molecule has 1 aromatic rings. The minimum Gasteiger partial charge on any atom is -0.465 e. The highest BCUT2D eigenvalue weighted by molar-refractivity contribution is 6.30. The van der Waals surface area contributed by atoms with Gasteiger partial charge in [-0.1, -0.05) is 23.7 Å². The molecule has 2 atom stereocenters. The molecule has 0 heterocycles. The van der Waals surface area contributed by atoms with E-state index in [9.17, 15) is 9.59 Å². The molecule has 108 valence electrons. The summed E-state index contributed by atoms with van der Waals surface area (Å²) in [5.74, 6) is -0.0449. The zero-order valence-corrected chi connectivity index (χ0v) is 11.7. The van der Waals surface area contributed by atoms with Crippen LogP contribution in [0.4, 0.5) is 4.79 Å². The Morgan fingerprint density at radius 3 is 2.95 bits per heavy atom. The molecule has 20 heavy (non-hydrogen) atoms. The van der Waals surface area contributed by atoms with Gasteiger partial charge in [0.05, 0.1) is 12.5 Å². The third-order valence-electron chi connectivity index (χ3n) is 3.23. The van der Waals surface area contributed by atoms with Crippen molar-refractivity contribution in [2.24, 2.45) is 11.7 Å². The van der Waals surface area contributed by atoms with Crippen LogP contribution < -0.4 is 11.1 Å². The molecule has 3 N–H and O–H groups in total. The Morgan fingerprint density at radius 2 is 2.25 bits per heavy atom. The SMILES string of the molecule is NC(=O)NCCCOC(=O)C1CC1c1cccc(Cl)c1. The number of carbonyl (C=O) groups excluding carboxylic acids is 2. The number of hydrogen-bond donors (Lipinski definition) is 2. The van der Waals surface area contributed by atoms with Crippen molar-refractivity contribution in [1.82, 2.24) is 5.32 Å². The summed E-state index contributed by atoms with van der Waals surface area (Å²) >= 11 is 5.93. The number of ether oxygens (including phenoxy) is 1. The number of hydrogen-bond acceptors (Lipinski definition) is 3. The summed E-state index contributed by atoms with van der Waals surface area (Å²) in [5, 5.41) is 3.12. The monoisotopic (exact) mass is 296 g/mol. The van der Waals surface area contributed by atoms with Crippen molar-refractivity contribution in [3.63, 3.8) is 0 Å². The number of halogens is 1. The van der Waals surface area contributed by atoms with Crippen LogP contribution in [0.15, 0.2) is 24.3 Å². The molecule has 0 aromatic heterocycles. The number of primary amides is 1. The summed E-state index contributed by atoms with van der Waals surface area (Å²) in [6.45, 7) is 0.697. The van der Waals surface area contributed by atoms with Gasteiger partial charge in [-0.2, -0.15) is 0 Å². The van der Waals surface area contributed by atoms with Crippen molar-refractivity contribution >= 4 is 23.6 Å². The third-order valence-corrected chi connectivity index (χ3v) is 3.47.